The van der Waals surface area contributed by atoms with Crippen LogP contribution in [0.15, 0.2) is 6.07 Å². The molecule has 0 unspecified atom stereocenters. The van der Waals surface area contributed by atoms with Crippen LogP contribution in [-0.2, 0) is 4.79 Å². The van der Waals surface area contributed by atoms with Gasteiger partial charge in [0.1, 0.15) is 17.5 Å². The molecule has 0 spiro atoms. The molecule has 1 rings (SSSR count). The molecular weight excluding hydrogens is 218 g/mol. The maximum Gasteiger partial charge on any atom is 0.239 e. The third kappa shape index (κ3) is 4.26. The molecular formula is C11H19N5O. The summed E-state index contributed by atoms with van der Waals surface area (Å²) in [6, 6.07) is 1.78. The number of amides is 1. The fraction of sp³-hybridized carbons (Fsp3) is 0.545. The Labute approximate surface area is 101 Å². The van der Waals surface area contributed by atoms with Crippen LogP contribution in [-0.4, -0.2) is 35.5 Å². The molecule has 0 aliphatic carbocycles. The van der Waals surface area contributed by atoms with Crippen LogP contribution in [0.25, 0.3) is 0 Å². The number of nitrogen functional groups attached to an aromatic ring is 1. The van der Waals surface area contributed by atoms with E-state index in [1.165, 1.54) is 0 Å². The number of anilines is 2. The number of nitrogens with two attached hydrogens (primary N) is 1. The molecule has 0 aliphatic rings. The standard InChI is InChI=1S/C11H19N5O/c1-7(2)13-11(17)6-16(4)10-5-9(12)14-8(3)15-10/h5,7H,6H2,1-4H3,(H,13,17)(H2,12,14,15). The largest absolute Gasteiger partial charge is 0.384 e. The molecule has 0 aliphatic heterocycles. The molecule has 6 heteroatoms. The highest BCUT2D eigenvalue weighted by atomic mass is 16.2. The van der Waals surface area contributed by atoms with E-state index in [4.69, 9.17) is 5.73 Å². The van der Waals surface area contributed by atoms with Crippen LogP contribution in [0.2, 0.25) is 0 Å². The quantitative estimate of drug-likeness (QED) is 0.788. The van der Waals surface area contributed by atoms with Gasteiger partial charge in [-0.2, -0.15) is 0 Å². The Morgan fingerprint density at radius 1 is 1.53 bits per heavy atom. The molecule has 3 N–H and O–H groups in total. The van der Waals surface area contributed by atoms with Crippen molar-refractivity contribution < 1.29 is 4.79 Å². The van der Waals surface area contributed by atoms with Crippen molar-refractivity contribution in [2.45, 2.75) is 26.8 Å². The average molecular weight is 237 g/mol. The van der Waals surface area contributed by atoms with Gasteiger partial charge in [0, 0.05) is 19.2 Å². The number of aromatic nitrogens is 2. The zero-order chi connectivity index (χ0) is 13.0. The Morgan fingerprint density at radius 2 is 2.18 bits per heavy atom. The second-order valence-corrected chi connectivity index (χ2v) is 4.28. The van der Waals surface area contributed by atoms with Gasteiger partial charge in [-0.05, 0) is 20.8 Å². The van der Waals surface area contributed by atoms with Crippen molar-refractivity contribution in [2.75, 3.05) is 24.2 Å². The van der Waals surface area contributed by atoms with Gasteiger partial charge in [0.05, 0.1) is 6.54 Å². The van der Waals surface area contributed by atoms with Crippen molar-refractivity contribution in [2.24, 2.45) is 0 Å². The molecule has 6 nitrogen and oxygen atoms in total. The van der Waals surface area contributed by atoms with Gasteiger partial charge in [-0.15, -0.1) is 0 Å². The molecule has 17 heavy (non-hydrogen) atoms. The van der Waals surface area contributed by atoms with E-state index < -0.39 is 0 Å². The smallest absolute Gasteiger partial charge is 0.239 e. The summed E-state index contributed by atoms with van der Waals surface area (Å²) < 4.78 is 0. The lowest BCUT2D eigenvalue weighted by atomic mass is 10.3. The monoisotopic (exact) mass is 237 g/mol. The van der Waals surface area contributed by atoms with Crippen LogP contribution in [0.4, 0.5) is 11.6 Å². The van der Waals surface area contributed by atoms with Crippen LogP contribution in [0.3, 0.4) is 0 Å². The highest BCUT2D eigenvalue weighted by molar-refractivity contribution is 5.81. The summed E-state index contributed by atoms with van der Waals surface area (Å²) in [5, 5.41) is 2.82. The van der Waals surface area contributed by atoms with Gasteiger partial charge in [0.25, 0.3) is 0 Å². The van der Waals surface area contributed by atoms with Gasteiger partial charge in [-0.1, -0.05) is 0 Å². The van der Waals surface area contributed by atoms with Crippen LogP contribution in [0.5, 0.6) is 0 Å². The SMILES string of the molecule is Cc1nc(N)cc(N(C)CC(=O)NC(C)C)n1. The first-order valence-electron chi connectivity index (χ1n) is 5.50. The topological polar surface area (TPSA) is 84.1 Å². The molecule has 0 fully saturated rings. The summed E-state index contributed by atoms with van der Waals surface area (Å²) >= 11 is 0. The predicted molar refractivity (Wildman–Crippen MR) is 67.7 cm³/mol. The summed E-state index contributed by atoms with van der Waals surface area (Å²) in [5.41, 5.74) is 5.63. The number of nitrogens with zero attached hydrogens (tertiary/aromatic N) is 3. The molecule has 0 bridgehead atoms. The van der Waals surface area contributed by atoms with Gasteiger partial charge < -0.3 is 16.0 Å². The zero-order valence-electron chi connectivity index (χ0n) is 10.7. The molecule has 0 aromatic carbocycles. The molecule has 1 amide bonds. The number of aryl methyl sites for hydroxylation is 1. The normalized spacial score (nSPS) is 10.4. The van der Waals surface area contributed by atoms with E-state index in [2.05, 4.69) is 15.3 Å². The summed E-state index contributed by atoms with van der Waals surface area (Å²) in [7, 11) is 1.79. The fourth-order valence-electron chi connectivity index (χ4n) is 1.43. The molecule has 1 aromatic rings. The van der Waals surface area contributed by atoms with E-state index in [1.54, 1.807) is 24.9 Å². The van der Waals surface area contributed by atoms with Gasteiger partial charge in [0.15, 0.2) is 0 Å². The number of nitrogens with one attached hydrogen (secondary N) is 1. The Hall–Kier alpha value is -1.85. The van der Waals surface area contributed by atoms with Crippen LogP contribution < -0.4 is 16.0 Å². The lowest BCUT2D eigenvalue weighted by molar-refractivity contribution is -0.120. The molecule has 0 radical (unpaired) electrons. The summed E-state index contributed by atoms with van der Waals surface area (Å²) in [6.45, 7) is 5.85. The van der Waals surface area contributed by atoms with E-state index in [0.29, 0.717) is 17.5 Å². The Balaban J connectivity index is 2.69. The zero-order valence-corrected chi connectivity index (χ0v) is 10.7. The van der Waals surface area contributed by atoms with E-state index in [0.717, 1.165) is 0 Å². The molecule has 94 valence electrons. The summed E-state index contributed by atoms with van der Waals surface area (Å²) in [5.74, 6) is 1.60. The van der Waals surface area contributed by atoms with Crippen LogP contribution >= 0.6 is 0 Å². The first-order chi connectivity index (χ1) is 7.88. The van der Waals surface area contributed by atoms with Crippen molar-refractivity contribution >= 4 is 17.5 Å². The number of hydrogen-bond acceptors (Lipinski definition) is 5. The van der Waals surface area contributed by atoms with Gasteiger partial charge in [0.2, 0.25) is 5.91 Å². The molecule has 1 aromatic heterocycles. The lowest BCUT2D eigenvalue weighted by Crippen LogP contribution is -2.38. The predicted octanol–water partition coefficient (Wildman–Crippen LogP) is 0.328. The first-order valence-corrected chi connectivity index (χ1v) is 5.50. The van der Waals surface area contributed by atoms with E-state index in [-0.39, 0.29) is 18.5 Å². The van der Waals surface area contributed by atoms with Crippen LogP contribution in [0.1, 0.15) is 19.7 Å². The van der Waals surface area contributed by atoms with Crippen molar-refractivity contribution in [1.82, 2.24) is 15.3 Å². The third-order valence-electron chi connectivity index (χ3n) is 2.07. The van der Waals surface area contributed by atoms with Crippen LogP contribution in [0, 0.1) is 6.92 Å². The van der Waals surface area contributed by atoms with Crippen molar-refractivity contribution in [3.63, 3.8) is 0 Å². The summed E-state index contributed by atoms with van der Waals surface area (Å²) in [4.78, 5) is 21.5. The van der Waals surface area contributed by atoms with E-state index in [1.807, 2.05) is 13.8 Å². The minimum absolute atomic E-state index is 0.0441. The van der Waals surface area contributed by atoms with E-state index in [9.17, 15) is 4.79 Å². The van der Waals surface area contributed by atoms with Gasteiger partial charge >= 0.3 is 0 Å². The molecule has 0 saturated heterocycles. The molecule has 0 saturated carbocycles. The Bertz CT molecular complexity index is 385. The Morgan fingerprint density at radius 3 is 2.71 bits per heavy atom. The third-order valence-corrected chi connectivity index (χ3v) is 2.07. The maximum atomic E-state index is 11.6. The highest BCUT2D eigenvalue weighted by Crippen LogP contribution is 2.11. The number of rotatable bonds is 4. The second kappa shape index (κ2) is 5.47. The van der Waals surface area contributed by atoms with Crippen molar-refractivity contribution in [3.05, 3.63) is 11.9 Å². The lowest BCUT2D eigenvalue weighted by Gasteiger charge is -2.19. The number of likely N-dealkylation sites (N-methyl/N-ethyl adjacent to an activating group) is 1. The van der Waals surface area contributed by atoms with Gasteiger partial charge in [-0.3, -0.25) is 4.79 Å². The van der Waals surface area contributed by atoms with Crippen molar-refractivity contribution in [1.29, 1.82) is 0 Å². The van der Waals surface area contributed by atoms with E-state index >= 15 is 0 Å². The first kappa shape index (κ1) is 13.2. The fourth-order valence-corrected chi connectivity index (χ4v) is 1.43. The Kier molecular flexibility index (Phi) is 4.25. The average Bonchev–Trinajstić information content (AvgIpc) is 2.14. The van der Waals surface area contributed by atoms with Gasteiger partial charge in [-0.25, -0.2) is 9.97 Å². The number of carbonyl (C=O) groups excluding carboxylic acids is 1. The maximum absolute atomic E-state index is 11.6. The number of hydrogen-bond donors (Lipinski definition) is 2. The number of carbonyl (C=O) groups is 1. The van der Waals surface area contributed by atoms with Crippen molar-refractivity contribution in [3.8, 4) is 0 Å². The highest BCUT2D eigenvalue weighted by Gasteiger charge is 2.10. The minimum Gasteiger partial charge on any atom is -0.384 e. The summed E-state index contributed by atoms with van der Waals surface area (Å²) in [6.07, 6.45) is 0. The minimum atomic E-state index is -0.0441. The second-order valence-electron chi connectivity index (χ2n) is 4.28. The molecule has 0 atom stereocenters. The molecule has 1 heterocycles.